The third-order valence-corrected chi connectivity index (χ3v) is 3.03. The number of aryl methyl sites for hydroxylation is 1. The lowest BCUT2D eigenvalue weighted by Crippen LogP contribution is -2.23. The summed E-state index contributed by atoms with van der Waals surface area (Å²) in [4.78, 5) is 0. The molecule has 0 saturated carbocycles. The van der Waals surface area contributed by atoms with E-state index in [2.05, 4.69) is 5.32 Å². The normalized spacial score (nSPS) is 19.9. The molecule has 0 bridgehead atoms. The van der Waals surface area contributed by atoms with Crippen molar-refractivity contribution in [3.05, 3.63) is 29.3 Å². The average Bonchev–Trinajstić information content (AvgIpc) is 2.59. The van der Waals surface area contributed by atoms with Crippen LogP contribution >= 0.6 is 0 Å². The Hall–Kier alpha value is -1.12. The highest BCUT2D eigenvalue weighted by Gasteiger charge is 2.40. The van der Waals surface area contributed by atoms with Gasteiger partial charge in [0.05, 0.1) is 5.92 Å². The summed E-state index contributed by atoms with van der Waals surface area (Å²) in [6, 6.07) is 5.65. The van der Waals surface area contributed by atoms with E-state index in [0.29, 0.717) is 6.54 Å². The minimum atomic E-state index is -2.65. The van der Waals surface area contributed by atoms with E-state index in [9.17, 15) is 8.78 Å². The molecule has 0 aliphatic carbocycles. The summed E-state index contributed by atoms with van der Waals surface area (Å²) in [6.45, 7) is 3.37. The van der Waals surface area contributed by atoms with E-state index in [1.165, 1.54) is 0 Å². The first-order valence-corrected chi connectivity index (χ1v) is 5.27. The maximum Gasteiger partial charge on any atom is 0.253 e. The first-order chi connectivity index (χ1) is 7.04. The zero-order valence-electron chi connectivity index (χ0n) is 8.98. The molecular weight excluding hydrogens is 196 g/mol. The summed E-state index contributed by atoms with van der Waals surface area (Å²) < 4.78 is 26.6. The second-order valence-electron chi connectivity index (χ2n) is 4.12. The van der Waals surface area contributed by atoms with Gasteiger partial charge in [-0.15, -0.1) is 0 Å². The van der Waals surface area contributed by atoms with Crippen molar-refractivity contribution in [2.45, 2.75) is 32.1 Å². The Labute approximate surface area is 88.5 Å². The molecule has 0 saturated heterocycles. The van der Waals surface area contributed by atoms with Crippen LogP contribution in [0.5, 0.6) is 0 Å². The molecule has 1 atom stereocenters. The van der Waals surface area contributed by atoms with Crippen LogP contribution in [0.15, 0.2) is 18.2 Å². The van der Waals surface area contributed by atoms with Crippen molar-refractivity contribution in [2.75, 3.05) is 11.9 Å². The highest BCUT2D eigenvalue weighted by molar-refractivity contribution is 5.63. The lowest BCUT2D eigenvalue weighted by molar-refractivity contribution is -0.00185. The van der Waals surface area contributed by atoms with Gasteiger partial charge in [0.2, 0.25) is 0 Å². The van der Waals surface area contributed by atoms with E-state index in [0.717, 1.165) is 30.2 Å². The van der Waals surface area contributed by atoms with Crippen LogP contribution < -0.4 is 5.32 Å². The molecule has 0 radical (unpaired) electrons. The summed E-state index contributed by atoms with van der Waals surface area (Å²) in [7, 11) is 0. The second-order valence-corrected chi connectivity index (χ2v) is 4.12. The van der Waals surface area contributed by atoms with Crippen LogP contribution in [0.25, 0.3) is 0 Å². The molecular formula is C12H15F2N. The lowest BCUT2D eigenvalue weighted by Gasteiger charge is -2.18. The monoisotopic (exact) mass is 211 g/mol. The van der Waals surface area contributed by atoms with Crippen LogP contribution in [0.3, 0.4) is 0 Å². The Morgan fingerprint density at radius 2 is 2.20 bits per heavy atom. The van der Waals surface area contributed by atoms with Crippen molar-refractivity contribution < 1.29 is 8.78 Å². The summed E-state index contributed by atoms with van der Waals surface area (Å²) in [5, 5.41) is 3.10. The third-order valence-electron chi connectivity index (χ3n) is 3.03. The largest absolute Gasteiger partial charge is 0.384 e. The van der Waals surface area contributed by atoms with Crippen molar-refractivity contribution in [2.24, 2.45) is 0 Å². The van der Waals surface area contributed by atoms with Crippen LogP contribution in [0.2, 0.25) is 0 Å². The Morgan fingerprint density at radius 3 is 2.80 bits per heavy atom. The summed E-state index contributed by atoms with van der Waals surface area (Å²) in [5.74, 6) is -3.33. The number of anilines is 1. The topological polar surface area (TPSA) is 12.0 Å². The van der Waals surface area contributed by atoms with E-state index in [1.54, 1.807) is 6.07 Å². The predicted octanol–water partition coefficient (Wildman–Crippen LogP) is 3.41. The average molecular weight is 211 g/mol. The molecule has 1 aromatic rings. The Balaban J connectivity index is 2.44. The Morgan fingerprint density at radius 1 is 1.47 bits per heavy atom. The van der Waals surface area contributed by atoms with Crippen molar-refractivity contribution in [1.29, 1.82) is 0 Å². The van der Waals surface area contributed by atoms with Gasteiger partial charge < -0.3 is 5.32 Å². The molecule has 1 N–H and O–H groups in total. The van der Waals surface area contributed by atoms with Crippen molar-refractivity contribution in [1.82, 2.24) is 0 Å². The van der Waals surface area contributed by atoms with Gasteiger partial charge in [-0.1, -0.05) is 25.1 Å². The fraction of sp³-hybridized carbons (Fsp3) is 0.500. The number of para-hydroxylation sites is 1. The molecule has 3 heteroatoms. The zero-order chi connectivity index (χ0) is 11.1. The molecule has 1 aromatic carbocycles. The van der Waals surface area contributed by atoms with Crippen LogP contribution in [0, 0.1) is 0 Å². The third kappa shape index (κ3) is 1.71. The van der Waals surface area contributed by atoms with Gasteiger partial charge in [0.25, 0.3) is 5.92 Å². The molecule has 82 valence electrons. The number of rotatable bonds is 2. The number of benzene rings is 1. The van der Waals surface area contributed by atoms with Crippen LogP contribution in [-0.2, 0) is 6.42 Å². The number of fused-ring (bicyclic) bond motifs is 1. The molecule has 0 spiro atoms. The lowest BCUT2D eigenvalue weighted by atomic mass is 9.94. The fourth-order valence-electron chi connectivity index (χ4n) is 2.19. The number of halogens is 2. The van der Waals surface area contributed by atoms with Crippen LogP contribution in [0.4, 0.5) is 14.5 Å². The summed E-state index contributed by atoms with van der Waals surface area (Å²) in [5.41, 5.74) is 2.81. The Kier molecular flexibility index (Phi) is 2.41. The van der Waals surface area contributed by atoms with Gasteiger partial charge >= 0.3 is 0 Å². The fourth-order valence-corrected chi connectivity index (χ4v) is 2.19. The summed E-state index contributed by atoms with van der Waals surface area (Å²) >= 11 is 0. The maximum atomic E-state index is 13.3. The highest BCUT2D eigenvalue weighted by atomic mass is 19.3. The van der Waals surface area contributed by atoms with E-state index < -0.39 is 11.8 Å². The van der Waals surface area contributed by atoms with Crippen molar-refractivity contribution >= 4 is 5.69 Å². The number of nitrogens with one attached hydrogen (secondary N) is 1. The molecule has 2 rings (SSSR count). The number of hydrogen-bond donors (Lipinski definition) is 1. The zero-order valence-corrected chi connectivity index (χ0v) is 8.98. The number of hydrogen-bond acceptors (Lipinski definition) is 1. The van der Waals surface area contributed by atoms with E-state index in [1.807, 2.05) is 19.1 Å². The minimum absolute atomic E-state index is 0.343. The molecule has 1 aliphatic rings. The Bertz CT molecular complexity index is 368. The predicted molar refractivity (Wildman–Crippen MR) is 57.7 cm³/mol. The molecule has 0 aromatic heterocycles. The first kappa shape index (κ1) is 10.4. The summed E-state index contributed by atoms with van der Waals surface area (Å²) in [6.07, 6.45) is 0.873. The minimum Gasteiger partial charge on any atom is -0.384 e. The standard InChI is InChI=1S/C12H15F2N/c1-3-8-5-4-6-9-10(12(2,13)14)7-15-11(8)9/h4-6,10,15H,3,7H2,1-2H3. The van der Waals surface area contributed by atoms with Crippen LogP contribution in [-0.4, -0.2) is 12.5 Å². The van der Waals surface area contributed by atoms with Gasteiger partial charge in [-0.2, -0.15) is 0 Å². The van der Waals surface area contributed by atoms with Crippen LogP contribution in [0.1, 0.15) is 30.9 Å². The molecule has 1 aliphatic heterocycles. The van der Waals surface area contributed by atoms with Gasteiger partial charge in [-0.3, -0.25) is 0 Å². The molecule has 1 unspecified atom stereocenters. The van der Waals surface area contributed by atoms with E-state index >= 15 is 0 Å². The van der Waals surface area contributed by atoms with Gasteiger partial charge in [0, 0.05) is 19.2 Å². The SMILES string of the molecule is CCc1cccc2c1NCC2C(C)(F)F. The van der Waals surface area contributed by atoms with Gasteiger partial charge in [0.15, 0.2) is 0 Å². The van der Waals surface area contributed by atoms with E-state index in [4.69, 9.17) is 0 Å². The van der Waals surface area contributed by atoms with E-state index in [-0.39, 0.29) is 0 Å². The van der Waals surface area contributed by atoms with Gasteiger partial charge in [0.1, 0.15) is 0 Å². The maximum absolute atomic E-state index is 13.3. The van der Waals surface area contributed by atoms with Gasteiger partial charge in [-0.05, 0) is 17.5 Å². The molecule has 1 nitrogen and oxygen atoms in total. The molecule has 0 amide bonds. The number of alkyl halides is 2. The molecule has 1 heterocycles. The second kappa shape index (κ2) is 3.47. The van der Waals surface area contributed by atoms with Crippen molar-refractivity contribution in [3.8, 4) is 0 Å². The smallest absolute Gasteiger partial charge is 0.253 e. The highest BCUT2D eigenvalue weighted by Crippen LogP contribution is 2.42. The van der Waals surface area contributed by atoms with Crippen molar-refractivity contribution in [3.63, 3.8) is 0 Å². The first-order valence-electron chi connectivity index (χ1n) is 5.27. The quantitative estimate of drug-likeness (QED) is 0.790. The van der Waals surface area contributed by atoms with Gasteiger partial charge in [-0.25, -0.2) is 8.78 Å². The molecule has 0 fully saturated rings. The molecule has 15 heavy (non-hydrogen) atoms.